The Kier molecular flexibility index (Phi) is 4.55. The van der Waals surface area contributed by atoms with E-state index in [2.05, 4.69) is 5.32 Å². The van der Waals surface area contributed by atoms with Gasteiger partial charge >= 0.3 is 0 Å². The Labute approximate surface area is 147 Å². The predicted octanol–water partition coefficient (Wildman–Crippen LogP) is 4.98. The molecule has 0 aliphatic rings. The van der Waals surface area contributed by atoms with Crippen molar-refractivity contribution in [2.24, 2.45) is 0 Å². The van der Waals surface area contributed by atoms with E-state index in [4.69, 9.17) is 0 Å². The number of aromatic hydroxyl groups is 1. The first kappa shape index (κ1) is 17.1. The summed E-state index contributed by atoms with van der Waals surface area (Å²) in [6.45, 7) is 1.96. The number of carbonyl (C=O) groups is 1. The lowest BCUT2D eigenvalue weighted by Crippen LogP contribution is -2.05. The highest BCUT2D eigenvalue weighted by Crippen LogP contribution is 2.33. The number of hydrogen-bond donors (Lipinski definition) is 2. The molecule has 128 valence electrons. The largest absolute Gasteiger partial charge is 0.505 e. The standard InChI is InChI=1S/C19H15F2NO2S/c1-10-7-11(9-12(8-10)22-2)15-5-6-16(25-15)19(24)17-13(20)3-4-14(23)18(17)21/h3-9,22-23H,1-2H3. The third-order valence-electron chi connectivity index (χ3n) is 3.78. The number of nitrogens with one attached hydrogen (secondary N) is 1. The van der Waals surface area contributed by atoms with Gasteiger partial charge in [-0.25, -0.2) is 8.78 Å². The molecule has 6 heteroatoms. The molecule has 0 fully saturated rings. The van der Waals surface area contributed by atoms with Gasteiger partial charge in [0.1, 0.15) is 5.82 Å². The molecule has 0 aliphatic heterocycles. The predicted molar refractivity (Wildman–Crippen MR) is 95.5 cm³/mol. The number of phenolic OH excluding ortho intramolecular Hbond substituents is 1. The molecule has 0 aliphatic carbocycles. The molecule has 25 heavy (non-hydrogen) atoms. The van der Waals surface area contributed by atoms with Crippen LogP contribution in [0.4, 0.5) is 14.5 Å². The minimum Gasteiger partial charge on any atom is -0.505 e. The lowest BCUT2D eigenvalue weighted by Gasteiger charge is -2.06. The van der Waals surface area contributed by atoms with E-state index in [0.29, 0.717) is 0 Å². The van der Waals surface area contributed by atoms with E-state index in [1.807, 2.05) is 32.2 Å². The van der Waals surface area contributed by atoms with Gasteiger partial charge in [-0.15, -0.1) is 11.3 Å². The van der Waals surface area contributed by atoms with Crippen LogP contribution < -0.4 is 5.32 Å². The van der Waals surface area contributed by atoms with Crippen LogP contribution in [0.3, 0.4) is 0 Å². The summed E-state index contributed by atoms with van der Waals surface area (Å²) in [5.74, 6) is -3.78. The van der Waals surface area contributed by atoms with Crippen LogP contribution in [0, 0.1) is 18.6 Å². The van der Waals surface area contributed by atoms with Crippen molar-refractivity contribution in [3.8, 4) is 16.2 Å². The molecule has 3 aromatic rings. The smallest absolute Gasteiger partial charge is 0.209 e. The molecular weight excluding hydrogens is 344 g/mol. The molecule has 3 rings (SSSR count). The van der Waals surface area contributed by atoms with Gasteiger partial charge in [0.25, 0.3) is 0 Å². The van der Waals surface area contributed by atoms with Crippen molar-refractivity contribution in [2.75, 3.05) is 12.4 Å². The van der Waals surface area contributed by atoms with E-state index in [0.717, 1.165) is 45.2 Å². The third-order valence-corrected chi connectivity index (χ3v) is 4.91. The zero-order valence-corrected chi connectivity index (χ0v) is 14.4. The van der Waals surface area contributed by atoms with Gasteiger partial charge in [0, 0.05) is 17.6 Å². The maximum Gasteiger partial charge on any atom is 0.209 e. The van der Waals surface area contributed by atoms with Gasteiger partial charge in [-0.1, -0.05) is 6.07 Å². The number of benzene rings is 2. The van der Waals surface area contributed by atoms with Crippen LogP contribution in [0.15, 0.2) is 42.5 Å². The number of halogens is 2. The molecule has 0 saturated heterocycles. The first-order chi connectivity index (χ1) is 11.9. The van der Waals surface area contributed by atoms with Gasteiger partial charge in [-0.05, 0) is 54.4 Å². The lowest BCUT2D eigenvalue weighted by atomic mass is 10.1. The average Bonchev–Trinajstić information content (AvgIpc) is 3.08. The summed E-state index contributed by atoms with van der Waals surface area (Å²) in [6.07, 6.45) is 0. The Morgan fingerprint density at radius 2 is 1.88 bits per heavy atom. The van der Waals surface area contributed by atoms with Gasteiger partial charge < -0.3 is 10.4 Å². The van der Waals surface area contributed by atoms with Gasteiger partial charge in [-0.3, -0.25) is 4.79 Å². The number of aryl methyl sites for hydroxylation is 1. The Balaban J connectivity index is 2.01. The second kappa shape index (κ2) is 6.64. The molecule has 2 aromatic carbocycles. The maximum atomic E-state index is 14.0. The minimum atomic E-state index is -1.24. The summed E-state index contributed by atoms with van der Waals surface area (Å²) in [5, 5.41) is 12.5. The quantitative estimate of drug-likeness (QED) is 0.646. The Morgan fingerprint density at radius 3 is 2.60 bits per heavy atom. The molecule has 0 amide bonds. The maximum absolute atomic E-state index is 14.0. The second-order valence-corrected chi connectivity index (χ2v) is 6.67. The SMILES string of the molecule is CNc1cc(C)cc(-c2ccc(C(=O)c3c(F)ccc(O)c3F)s2)c1. The summed E-state index contributed by atoms with van der Waals surface area (Å²) in [7, 11) is 1.81. The first-order valence-corrected chi connectivity index (χ1v) is 8.33. The molecule has 0 unspecified atom stereocenters. The summed E-state index contributed by atoms with van der Waals surface area (Å²) >= 11 is 1.15. The van der Waals surface area contributed by atoms with Gasteiger partial charge in [0.2, 0.25) is 5.78 Å². The lowest BCUT2D eigenvalue weighted by molar-refractivity contribution is 0.103. The number of ketones is 1. The average molecular weight is 359 g/mol. The van der Waals surface area contributed by atoms with Crippen molar-refractivity contribution in [3.05, 3.63) is 70.1 Å². The van der Waals surface area contributed by atoms with E-state index in [9.17, 15) is 18.7 Å². The van der Waals surface area contributed by atoms with Crippen LogP contribution in [0.5, 0.6) is 5.75 Å². The summed E-state index contributed by atoms with van der Waals surface area (Å²) in [5.41, 5.74) is 2.15. The Morgan fingerprint density at radius 1 is 1.12 bits per heavy atom. The normalized spacial score (nSPS) is 10.7. The summed E-state index contributed by atoms with van der Waals surface area (Å²) in [6, 6.07) is 10.9. The van der Waals surface area contributed by atoms with E-state index in [1.165, 1.54) is 6.07 Å². The molecule has 2 N–H and O–H groups in total. The van der Waals surface area contributed by atoms with Crippen LogP contribution in [0.25, 0.3) is 10.4 Å². The zero-order chi connectivity index (χ0) is 18.1. The van der Waals surface area contributed by atoms with E-state index < -0.39 is 28.7 Å². The zero-order valence-electron chi connectivity index (χ0n) is 13.6. The Hall–Kier alpha value is -2.73. The highest BCUT2D eigenvalue weighted by atomic mass is 32.1. The van der Waals surface area contributed by atoms with Crippen molar-refractivity contribution < 1.29 is 18.7 Å². The molecule has 0 radical (unpaired) electrons. The number of carbonyl (C=O) groups excluding carboxylic acids is 1. The topological polar surface area (TPSA) is 49.3 Å². The highest BCUT2D eigenvalue weighted by Gasteiger charge is 2.23. The van der Waals surface area contributed by atoms with E-state index in [1.54, 1.807) is 6.07 Å². The van der Waals surface area contributed by atoms with Crippen molar-refractivity contribution in [3.63, 3.8) is 0 Å². The summed E-state index contributed by atoms with van der Waals surface area (Å²) < 4.78 is 27.8. The van der Waals surface area contributed by atoms with E-state index in [-0.39, 0.29) is 4.88 Å². The van der Waals surface area contributed by atoms with Crippen molar-refractivity contribution in [1.82, 2.24) is 0 Å². The number of anilines is 1. The molecule has 0 saturated carbocycles. The Bertz CT molecular complexity index is 966. The van der Waals surface area contributed by atoms with E-state index >= 15 is 0 Å². The number of thiophene rings is 1. The molecule has 0 atom stereocenters. The third kappa shape index (κ3) is 3.25. The van der Waals surface area contributed by atoms with Crippen molar-refractivity contribution in [2.45, 2.75) is 6.92 Å². The molecular formula is C19H15F2NO2S. The van der Waals surface area contributed by atoms with Crippen LogP contribution in [-0.4, -0.2) is 17.9 Å². The van der Waals surface area contributed by atoms with Gasteiger partial charge in [0.15, 0.2) is 11.6 Å². The molecule has 1 aromatic heterocycles. The summed E-state index contributed by atoms with van der Waals surface area (Å²) in [4.78, 5) is 13.5. The first-order valence-electron chi connectivity index (χ1n) is 7.52. The highest BCUT2D eigenvalue weighted by molar-refractivity contribution is 7.17. The number of phenols is 1. The molecule has 1 heterocycles. The fourth-order valence-electron chi connectivity index (χ4n) is 2.56. The fraction of sp³-hybridized carbons (Fsp3) is 0.105. The molecule has 0 bridgehead atoms. The molecule has 0 spiro atoms. The second-order valence-electron chi connectivity index (χ2n) is 5.59. The van der Waals surface area contributed by atoms with Crippen molar-refractivity contribution in [1.29, 1.82) is 0 Å². The van der Waals surface area contributed by atoms with Crippen LogP contribution >= 0.6 is 11.3 Å². The van der Waals surface area contributed by atoms with Crippen LogP contribution in [0.1, 0.15) is 20.8 Å². The monoisotopic (exact) mass is 359 g/mol. The van der Waals surface area contributed by atoms with Crippen LogP contribution in [-0.2, 0) is 0 Å². The number of hydrogen-bond acceptors (Lipinski definition) is 4. The van der Waals surface area contributed by atoms with Gasteiger partial charge in [0.05, 0.1) is 10.4 Å². The number of rotatable bonds is 4. The van der Waals surface area contributed by atoms with Crippen LogP contribution in [0.2, 0.25) is 0 Å². The molecule has 3 nitrogen and oxygen atoms in total. The minimum absolute atomic E-state index is 0.200. The van der Waals surface area contributed by atoms with Gasteiger partial charge in [-0.2, -0.15) is 0 Å². The van der Waals surface area contributed by atoms with Crippen molar-refractivity contribution >= 4 is 22.8 Å². The fourth-order valence-corrected chi connectivity index (χ4v) is 3.50.